The van der Waals surface area contributed by atoms with Crippen LogP contribution in [0.1, 0.15) is 33.4 Å². The Hall–Kier alpha value is -8.98. The molecule has 0 N–H and O–H groups in total. The van der Waals surface area contributed by atoms with E-state index in [1.54, 1.807) is 0 Å². The van der Waals surface area contributed by atoms with Crippen LogP contribution in [-0.2, 0) is 5.41 Å². The molecule has 2 aliphatic rings. The Balaban J connectivity index is 0.920. The average Bonchev–Trinajstić information content (AvgIpc) is 3.70. The van der Waals surface area contributed by atoms with Gasteiger partial charge in [-0.05, 0) is 137 Å². The van der Waals surface area contributed by atoms with E-state index in [2.05, 4.69) is 243 Å². The van der Waals surface area contributed by atoms with Crippen molar-refractivity contribution in [3.63, 3.8) is 0 Å². The van der Waals surface area contributed by atoms with Crippen LogP contribution in [0.25, 0.3) is 111 Å². The predicted molar refractivity (Wildman–Crippen MR) is 290 cm³/mol. The molecule has 12 aromatic rings. The molecule has 0 radical (unpaired) electrons. The van der Waals surface area contributed by atoms with Crippen molar-refractivity contribution >= 4 is 66.3 Å². The Morgan fingerprint density at radius 1 is 0.348 bits per heavy atom. The van der Waals surface area contributed by atoms with Crippen LogP contribution < -0.4 is 0 Å². The molecule has 2 heterocycles. The summed E-state index contributed by atoms with van der Waals surface area (Å²) in [6.45, 7) is 0. The molecule has 14 rings (SSSR count). The molecule has 2 heteroatoms. The number of benzene rings is 10. The fourth-order valence-electron chi connectivity index (χ4n) is 11.6. The van der Waals surface area contributed by atoms with Gasteiger partial charge >= 0.3 is 0 Å². The fourth-order valence-corrected chi connectivity index (χ4v) is 11.6. The summed E-state index contributed by atoms with van der Waals surface area (Å²) in [7, 11) is 0. The van der Waals surface area contributed by atoms with Crippen molar-refractivity contribution in [1.82, 2.24) is 9.97 Å². The molecule has 0 atom stereocenters. The van der Waals surface area contributed by atoms with E-state index in [9.17, 15) is 0 Å². The highest BCUT2D eigenvalue weighted by atomic mass is 14.7. The van der Waals surface area contributed by atoms with Crippen LogP contribution in [0.2, 0.25) is 0 Å². The molecule has 2 nitrogen and oxygen atoms in total. The summed E-state index contributed by atoms with van der Waals surface area (Å²) in [6.07, 6.45) is 14.6. The average molecular weight is 875 g/mol. The van der Waals surface area contributed by atoms with Gasteiger partial charge in [0.15, 0.2) is 0 Å². The monoisotopic (exact) mass is 874 g/mol. The Labute approximate surface area is 400 Å². The lowest BCUT2D eigenvalue weighted by Gasteiger charge is -2.34. The van der Waals surface area contributed by atoms with Gasteiger partial charge < -0.3 is 0 Å². The van der Waals surface area contributed by atoms with Crippen molar-refractivity contribution in [1.29, 1.82) is 0 Å². The van der Waals surface area contributed by atoms with Gasteiger partial charge in [0.25, 0.3) is 0 Å². The molecule has 0 saturated carbocycles. The molecule has 0 bridgehead atoms. The van der Waals surface area contributed by atoms with E-state index in [1.807, 2.05) is 12.3 Å². The van der Waals surface area contributed by atoms with E-state index in [-0.39, 0.29) is 0 Å². The van der Waals surface area contributed by atoms with E-state index in [1.165, 1.54) is 77.0 Å². The molecule has 2 aromatic heterocycles. The first kappa shape index (κ1) is 39.2. The maximum atomic E-state index is 5.50. The second-order valence-corrected chi connectivity index (χ2v) is 18.4. The SMILES string of the molecule is C1=C\c2cc(-c3ccc4c(ccc5ccc(-c6cccc(-c7nc8ccccc8c8cc9c(cc78)-c7ccccc7C9(c7ccccc7)c7ccccc7)c6)cc54)c3)c3cccnc3c2/C=C/C=C/1. The standard InChI is InChI=1S/C67H42N2/c1-2-10-24-53-46(17-5-1)40-58(56-27-16-36-68-66(53)56)48-34-35-52-47(38-48)33-31-43-30-32-45(39-57(43)52)44-18-15-19-49(37-44)65-61-41-60-54-25-11-13-28-62(54)67(50-20-6-3-7-21-50,51-22-8-4-9-23-51)63(60)42-59(61)55-26-12-14-29-64(55)69-65/h1-42H/b2-1+,5-1?,10-2?,17-5-,24-10+,46-17?,53-24?. The van der Waals surface area contributed by atoms with Gasteiger partial charge in [0.2, 0.25) is 0 Å². The minimum atomic E-state index is -0.492. The molecule has 0 unspecified atom stereocenters. The van der Waals surface area contributed by atoms with Gasteiger partial charge in [0, 0.05) is 33.5 Å². The van der Waals surface area contributed by atoms with Crippen molar-refractivity contribution in [2.45, 2.75) is 5.41 Å². The lowest BCUT2D eigenvalue weighted by Crippen LogP contribution is -2.28. The number of hydrogen-bond donors (Lipinski definition) is 0. The number of allylic oxidation sites excluding steroid dienone is 4. The number of hydrogen-bond acceptors (Lipinski definition) is 2. The maximum Gasteiger partial charge on any atom is 0.0788 e. The number of fused-ring (bicyclic) bond motifs is 12. The summed E-state index contributed by atoms with van der Waals surface area (Å²) in [4.78, 5) is 10.4. The van der Waals surface area contributed by atoms with E-state index >= 15 is 0 Å². The van der Waals surface area contributed by atoms with Gasteiger partial charge in [-0.25, -0.2) is 4.98 Å². The lowest BCUT2D eigenvalue weighted by molar-refractivity contribution is 0.769. The third kappa shape index (κ3) is 6.06. The van der Waals surface area contributed by atoms with Gasteiger partial charge in [-0.1, -0.05) is 200 Å². The normalized spacial score (nSPS) is 14.8. The topological polar surface area (TPSA) is 25.8 Å². The van der Waals surface area contributed by atoms with Gasteiger partial charge in [0.1, 0.15) is 0 Å². The van der Waals surface area contributed by atoms with Crippen molar-refractivity contribution in [2.24, 2.45) is 0 Å². The Morgan fingerprint density at radius 2 is 1.06 bits per heavy atom. The van der Waals surface area contributed by atoms with Gasteiger partial charge in [-0.15, -0.1) is 0 Å². The number of pyridine rings is 2. The third-order valence-electron chi connectivity index (χ3n) is 14.7. The van der Waals surface area contributed by atoms with E-state index < -0.39 is 5.41 Å². The molecule has 0 amide bonds. The molecule has 0 saturated heterocycles. The highest BCUT2D eigenvalue weighted by Crippen LogP contribution is 2.57. The third-order valence-corrected chi connectivity index (χ3v) is 14.7. The zero-order valence-electron chi connectivity index (χ0n) is 37.6. The molecule has 0 aliphatic heterocycles. The molecule has 10 aromatic carbocycles. The Morgan fingerprint density at radius 3 is 1.93 bits per heavy atom. The van der Waals surface area contributed by atoms with E-state index in [0.717, 1.165) is 55.1 Å². The smallest absolute Gasteiger partial charge is 0.0788 e. The van der Waals surface area contributed by atoms with Crippen molar-refractivity contribution in [3.8, 4) is 44.6 Å². The largest absolute Gasteiger partial charge is 0.256 e. The Bertz CT molecular complexity index is 4140. The van der Waals surface area contributed by atoms with Gasteiger partial charge in [-0.3, -0.25) is 4.98 Å². The fraction of sp³-hybridized carbons (Fsp3) is 0.0149. The first-order valence-corrected chi connectivity index (χ1v) is 23.8. The molecule has 320 valence electrons. The summed E-state index contributed by atoms with van der Waals surface area (Å²) in [5.41, 5.74) is 18.2. The number of rotatable bonds is 5. The number of nitrogens with zero attached hydrogens (tertiary/aromatic N) is 2. The number of para-hydroxylation sites is 1. The summed E-state index contributed by atoms with van der Waals surface area (Å²) in [5, 5.41) is 9.54. The molecule has 69 heavy (non-hydrogen) atoms. The van der Waals surface area contributed by atoms with Crippen molar-refractivity contribution < 1.29 is 0 Å². The minimum absolute atomic E-state index is 0.492. The molecule has 0 spiro atoms. The highest BCUT2D eigenvalue weighted by Gasteiger charge is 2.46. The molecule has 2 aliphatic carbocycles. The summed E-state index contributed by atoms with van der Waals surface area (Å²) in [5.74, 6) is 0. The van der Waals surface area contributed by atoms with Crippen molar-refractivity contribution in [3.05, 3.63) is 276 Å². The van der Waals surface area contributed by atoms with Crippen LogP contribution >= 0.6 is 0 Å². The first-order chi connectivity index (χ1) is 34.2. The van der Waals surface area contributed by atoms with Crippen LogP contribution in [0.15, 0.2) is 243 Å². The summed E-state index contributed by atoms with van der Waals surface area (Å²) < 4.78 is 0. The second kappa shape index (κ2) is 15.6. The van der Waals surface area contributed by atoms with Crippen LogP contribution in [0.4, 0.5) is 0 Å². The van der Waals surface area contributed by atoms with Gasteiger partial charge in [0.05, 0.1) is 22.1 Å². The van der Waals surface area contributed by atoms with Gasteiger partial charge in [-0.2, -0.15) is 0 Å². The maximum absolute atomic E-state index is 5.50. The quantitative estimate of drug-likeness (QED) is 0.161. The zero-order chi connectivity index (χ0) is 45.5. The first-order valence-electron chi connectivity index (χ1n) is 23.8. The van der Waals surface area contributed by atoms with Crippen LogP contribution in [0.3, 0.4) is 0 Å². The van der Waals surface area contributed by atoms with E-state index in [4.69, 9.17) is 9.97 Å². The lowest BCUT2D eigenvalue weighted by atomic mass is 9.67. The highest BCUT2D eigenvalue weighted by molar-refractivity contribution is 6.14. The van der Waals surface area contributed by atoms with Crippen LogP contribution in [0, 0.1) is 0 Å². The summed E-state index contributed by atoms with van der Waals surface area (Å²) in [6, 6.07) is 78.5. The van der Waals surface area contributed by atoms with Crippen molar-refractivity contribution in [2.75, 3.05) is 0 Å². The predicted octanol–water partition coefficient (Wildman–Crippen LogP) is 17.2. The van der Waals surface area contributed by atoms with Crippen LogP contribution in [0.5, 0.6) is 0 Å². The van der Waals surface area contributed by atoms with E-state index in [0.29, 0.717) is 0 Å². The molecule has 0 fully saturated rings. The Kier molecular flexibility index (Phi) is 8.84. The minimum Gasteiger partial charge on any atom is -0.256 e. The van der Waals surface area contributed by atoms with Crippen LogP contribution in [-0.4, -0.2) is 9.97 Å². The molecular weight excluding hydrogens is 833 g/mol. The summed E-state index contributed by atoms with van der Waals surface area (Å²) >= 11 is 0. The number of aromatic nitrogens is 2. The second-order valence-electron chi connectivity index (χ2n) is 18.4. The zero-order valence-corrected chi connectivity index (χ0v) is 37.6. The molecular formula is C67H42N2.